The van der Waals surface area contributed by atoms with Crippen molar-refractivity contribution >= 4 is 11.8 Å². The van der Waals surface area contributed by atoms with Crippen LogP contribution < -0.4 is 15.4 Å². The molecule has 0 aliphatic carbocycles. The van der Waals surface area contributed by atoms with Gasteiger partial charge in [-0.2, -0.15) is 0 Å². The fourth-order valence-corrected chi connectivity index (χ4v) is 2.30. The fraction of sp³-hybridized carbons (Fsp3) is 0.316. The molecule has 6 nitrogen and oxygen atoms in total. The zero-order valence-corrected chi connectivity index (χ0v) is 14.5. The van der Waals surface area contributed by atoms with Gasteiger partial charge < -0.3 is 15.4 Å². The Labute approximate surface area is 147 Å². The lowest BCUT2D eigenvalue weighted by atomic mass is 10.1. The SMILES string of the molecule is CCCCNC(=O)c1cncc(C(=O)NCc2ccccc2OC)c1. The molecule has 2 rings (SSSR count). The Balaban J connectivity index is 2.00. The first-order chi connectivity index (χ1) is 12.2. The van der Waals surface area contributed by atoms with Crippen LogP contribution in [-0.2, 0) is 6.54 Å². The highest BCUT2D eigenvalue weighted by molar-refractivity contribution is 5.99. The van der Waals surface area contributed by atoms with E-state index in [4.69, 9.17) is 4.74 Å². The maximum atomic E-state index is 12.3. The van der Waals surface area contributed by atoms with Gasteiger partial charge in [-0.1, -0.05) is 31.5 Å². The number of pyridine rings is 1. The molecule has 0 spiro atoms. The highest BCUT2D eigenvalue weighted by atomic mass is 16.5. The number of hydrogen-bond donors (Lipinski definition) is 2. The van der Waals surface area contributed by atoms with Crippen molar-refractivity contribution < 1.29 is 14.3 Å². The third-order valence-corrected chi connectivity index (χ3v) is 3.71. The monoisotopic (exact) mass is 341 g/mol. The van der Waals surface area contributed by atoms with Crippen molar-refractivity contribution in [3.63, 3.8) is 0 Å². The molecule has 0 unspecified atom stereocenters. The molecule has 0 bridgehead atoms. The van der Waals surface area contributed by atoms with Crippen molar-refractivity contribution in [2.24, 2.45) is 0 Å². The number of methoxy groups -OCH3 is 1. The molecule has 1 aromatic carbocycles. The fourth-order valence-electron chi connectivity index (χ4n) is 2.30. The van der Waals surface area contributed by atoms with Gasteiger partial charge >= 0.3 is 0 Å². The standard InChI is InChI=1S/C19H23N3O3/c1-3-4-9-21-18(23)15-10-16(12-20-11-15)19(24)22-13-14-7-5-6-8-17(14)25-2/h5-8,10-12H,3-4,9,13H2,1-2H3,(H,21,23)(H,22,24). The van der Waals surface area contributed by atoms with Crippen molar-refractivity contribution in [2.45, 2.75) is 26.3 Å². The van der Waals surface area contributed by atoms with Crippen LogP contribution in [0.1, 0.15) is 46.0 Å². The first-order valence-electron chi connectivity index (χ1n) is 8.29. The minimum atomic E-state index is -0.290. The van der Waals surface area contributed by atoms with Gasteiger partial charge in [-0.05, 0) is 18.6 Å². The van der Waals surface area contributed by atoms with E-state index < -0.39 is 0 Å². The third kappa shape index (κ3) is 5.31. The van der Waals surface area contributed by atoms with Crippen molar-refractivity contribution in [1.82, 2.24) is 15.6 Å². The number of amides is 2. The maximum absolute atomic E-state index is 12.3. The predicted octanol–water partition coefficient (Wildman–Crippen LogP) is 2.55. The van der Waals surface area contributed by atoms with E-state index in [2.05, 4.69) is 22.5 Å². The number of nitrogens with one attached hydrogen (secondary N) is 2. The summed E-state index contributed by atoms with van der Waals surface area (Å²) in [5.74, 6) is 0.201. The third-order valence-electron chi connectivity index (χ3n) is 3.71. The number of rotatable bonds is 8. The van der Waals surface area contributed by atoms with E-state index in [0.717, 1.165) is 18.4 Å². The van der Waals surface area contributed by atoms with Crippen LogP contribution in [0.2, 0.25) is 0 Å². The number of unbranched alkanes of at least 4 members (excludes halogenated alkanes) is 1. The topological polar surface area (TPSA) is 80.3 Å². The Morgan fingerprint density at radius 2 is 1.76 bits per heavy atom. The van der Waals surface area contributed by atoms with Crippen LogP contribution >= 0.6 is 0 Å². The summed E-state index contributed by atoms with van der Waals surface area (Å²) in [6, 6.07) is 9.02. The average Bonchev–Trinajstić information content (AvgIpc) is 2.66. The molecule has 1 aromatic heterocycles. The van der Waals surface area contributed by atoms with E-state index >= 15 is 0 Å². The van der Waals surface area contributed by atoms with Crippen LogP contribution in [0.15, 0.2) is 42.7 Å². The predicted molar refractivity (Wildman–Crippen MR) is 95.6 cm³/mol. The molecule has 2 amide bonds. The van der Waals surface area contributed by atoms with E-state index in [1.54, 1.807) is 13.2 Å². The quantitative estimate of drug-likeness (QED) is 0.723. The van der Waals surface area contributed by atoms with Gasteiger partial charge in [-0.15, -0.1) is 0 Å². The van der Waals surface area contributed by atoms with Crippen LogP contribution in [0.25, 0.3) is 0 Å². The summed E-state index contributed by atoms with van der Waals surface area (Å²) >= 11 is 0. The van der Waals surface area contributed by atoms with E-state index in [0.29, 0.717) is 30.0 Å². The molecule has 0 fully saturated rings. The van der Waals surface area contributed by atoms with Gasteiger partial charge in [0.1, 0.15) is 5.75 Å². The molecule has 0 saturated carbocycles. The maximum Gasteiger partial charge on any atom is 0.253 e. The molecule has 0 saturated heterocycles. The second kappa shape index (κ2) is 9.42. The summed E-state index contributed by atoms with van der Waals surface area (Å²) in [5.41, 5.74) is 1.60. The Morgan fingerprint density at radius 1 is 1.08 bits per heavy atom. The zero-order valence-electron chi connectivity index (χ0n) is 14.5. The zero-order chi connectivity index (χ0) is 18.1. The van der Waals surface area contributed by atoms with Crippen LogP contribution in [0, 0.1) is 0 Å². The molecule has 1 heterocycles. The summed E-state index contributed by atoms with van der Waals surface area (Å²) in [5, 5.41) is 5.63. The molecule has 6 heteroatoms. The second-order valence-corrected chi connectivity index (χ2v) is 5.57. The average molecular weight is 341 g/mol. The van der Waals surface area contributed by atoms with Gasteiger partial charge in [0.15, 0.2) is 0 Å². The van der Waals surface area contributed by atoms with Gasteiger partial charge in [-0.3, -0.25) is 14.6 Å². The van der Waals surface area contributed by atoms with Crippen LogP contribution in [0.3, 0.4) is 0 Å². The number of ether oxygens (including phenoxy) is 1. The molecule has 2 aromatic rings. The largest absolute Gasteiger partial charge is 0.496 e. The van der Waals surface area contributed by atoms with Gasteiger partial charge in [0.05, 0.1) is 18.2 Å². The Morgan fingerprint density at radius 3 is 2.44 bits per heavy atom. The number of hydrogen-bond acceptors (Lipinski definition) is 4. The van der Waals surface area contributed by atoms with E-state index in [9.17, 15) is 9.59 Å². The van der Waals surface area contributed by atoms with Crippen LogP contribution in [-0.4, -0.2) is 30.5 Å². The molecule has 132 valence electrons. The smallest absolute Gasteiger partial charge is 0.253 e. The number of carbonyl (C=O) groups excluding carboxylic acids is 2. The lowest BCUT2D eigenvalue weighted by molar-refractivity contribution is 0.0950. The highest BCUT2D eigenvalue weighted by Crippen LogP contribution is 2.16. The van der Waals surface area contributed by atoms with E-state index in [-0.39, 0.29) is 11.8 Å². The Bertz CT molecular complexity index is 731. The summed E-state index contributed by atoms with van der Waals surface area (Å²) in [7, 11) is 1.59. The van der Waals surface area contributed by atoms with E-state index in [1.165, 1.54) is 12.4 Å². The molecule has 0 radical (unpaired) electrons. The normalized spacial score (nSPS) is 10.2. The molecule has 0 atom stereocenters. The first kappa shape index (κ1) is 18.4. The van der Waals surface area contributed by atoms with Crippen molar-refractivity contribution in [2.75, 3.05) is 13.7 Å². The highest BCUT2D eigenvalue weighted by Gasteiger charge is 2.12. The van der Waals surface area contributed by atoms with Gasteiger partial charge in [0.2, 0.25) is 0 Å². The molecular weight excluding hydrogens is 318 g/mol. The number of nitrogens with zero attached hydrogens (tertiary/aromatic N) is 1. The van der Waals surface area contributed by atoms with E-state index in [1.807, 2.05) is 24.3 Å². The number of carbonyl (C=O) groups is 2. The Hall–Kier alpha value is -2.89. The Kier molecular flexibility index (Phi) is 6.95. The minimum Gasteiger partial charge on any atom is -0.496 e. The van der Waals surface area contributed by atoms with Crippen LogP contribution in [0.4, 0.5) is 0 Å². The summed E-state index contributed by atoms with van der Waals surface area (Å²) in [4.78, 5) is 28.4. The first-order valence-corrected chi connectivity index (χ1v) is 8.29. The second-order valence-electron chi connectivity index (χ2n) is 5.57. The molecule has 0 aliphatic rings. The number of para-hydroxylation sites is 1. The number of aromatic nitrogens is 1. The molecule has 2 N–H and O–H groups in total. The summed E-state index contributed by atoms with van der Waals surface area (Å²) in [6.07, 6.45) is 4.82. The van der Waals surface area contributed by atoms with Gasteiger partial charge in [0.25, 0.3) is 11.8 Å². The minimum absolute atomic E-state index is 0.222. The molecule has 0 aliphatic heterocycles. The van der Waals surface area contributed by atoms with Gasteiger partial charge in [0, 0.05) is 31.0 Å². The molecular formula is C19H23N3O3. The summed E-state index contributed by atoms with van der Waals surface area (Å²) in [6.45, 7) is 3.00. The lowest BCUT2D eigenvalue weighted by Crippen LogP contribution is -2.26. The van der Waals surface area contributed by atoms with Crippen molar-refractivity contribution in [1.29, 1.82) is 0 Å². The lowest BCUT2D eigenvalue weighted by Gasteiger charge is -2.10. The number of benzene rings is 1. The van der Waals surface area contributed by atoms with Crippen molar-refractivity contribution in [3.8, 4) is 5.75 Å². The van der Waals surface area contributed by atoms with Crippen molar-refractivity contribution in [3.05, 3.63) is 59.4 Å². The van der Waals surface area contributed by atoms with Gasteiger partial charge in [-0.25, -0.2) is 0 Å². The molecule has 25 heavy (non-hydrogen) atoms. The summed E-state index contributed by atoms with van der Waals surface area (Å²) < 4.78 is 5.26. The van der Waals surface area contributed by atoms with Crippen LogP contribution in [0.5, 0.6) is 5.75 Å².